The third-order valence-corrected chi connectivity index (χ3v) is 5.01. The van der Waals surface area contributed by atoms with Crippen molar-refractivity contribution >= 4 is 33.7 Å². The second-order valence-corrected chi connectivity index (χ2v) is 7.16. The summed E-state index contributed by atoms with van der Waals surface area (Å²) in [7, 11) is 0. The van der Waals surface area contributed by atoms with Gasteiger partial charge in [-0.1, -0.05) is 79.7 Å². The molecule has 0 atom stereocenters. The van der Waals surface area contributed by atoms with Crippen LogP contribution in [-0.2, 0) is 11.2 Å². The number of hydrogen-bond donors (Lipinski definition) is 1. The molecule has 0 radical (unpaired) electrons. The van der Waals surface area contributed by atoms with Gasteiger partial charge in [-0.15, -0.1) is 0 Å². The van der Waals surface area contributed by atoms with Crippen molar-refractivity contribution in [1.82, 2.24) is 5.43 Å². The summed E-state index contributed by atoms with van der Waals surface area (Å²) >= 11 is 0. The number of carbonyl (C=O) groups is 1. The highest BCUT2D eigenvalue weighted by atomic mass is 16.5. The molecular formula is C26H24N2O2. The van der Waals surface area contributed by atoms with Gasteiger partial charge in [-0.3, -0.25) is 4.79 Å². The molecule has 4 heteroatoms. The largest absolute Gasteiger partial charge is 0.493 e. The molecule has 150 valence electrons. The molecule has 0 bridgehead atoms. The molecule has 0 aromatic heterocycles. The number of hydrogen-bond acceptors (Lipinski definition) is 3. The Labute approximate surface area is 176 Å². The molecule has 0 saturated heterocycles. The van der Waals surface area contributed by atoms with Crippen molar-refractivity contribution in [2.24, 2.45) is 5.10 Å². The predicted molar refractivity (Wildman–Crippen MR) is 123 cm³/mol. The van der Waals surface area contributed by atoms with E-state index in [0.29, 0.717) is 6.61 Å². The fourth-order valence-corrected chi connectivity index (χ4v) is 3.57. The predicted octanol–water partition coefficient (Wildman–Crippen LogP) is 5.47. The maximum absolute atomic E-state index is 12.5. The Hall–Kier alpha value is -3.66. The van der Waals surface area contributed by atoms with Gasteiger partial charge < -0.3 is 4.74 Å². The smallest absolute Gasteiger partial charge is 0.244 e. The highest BCUT2D eigenvalue weighted by molar-refractivity contribution is 6.02. The summed E-state index contributed by atoms with van der Waals surface area (Å²) in [4.78, 5) is 12.5. The first-order valence-corrected chi connectivity index (χ1v) is 10.2. The van der Waals surface area contributed by atoms with Crippen LogP contribution in [0.15, 0.2) is 84.0 Å². The zero-order chi connectivity index (χ0) is 20.8. The quantitative estimate of drug-likeness (QED) is 0.332. The first-order valence-electron chi connectivity index (χ1n) is 10.2. The molecule has 4 aromatic carbocycles. The third kappa shape index (κ3) is 4.33. The summed E-state index contributed by atoms with van der Waals surface area (Å²) in [5, 5.41) is 8.59. The zero-order valence-corrected chi connectivity index (χ0v) is 17.0. The van der Waals surface area contributed by atoms with Crippen molar-refractivity contribution in [3.8, 4) is 5.75 Å². The van der Waals surface area contributed by atoms with Gasteiger partial charge in [0.1, 0.15) is 5.75 Å². The second-order valence-electron chi connectivity index (χ2n) is 7.16. The lowest BCUT2D eigenvalue weighted by atomic mass is 10.0. The Balaban J connectivity index is 1.53. The molecule has 0 aliphatic rings. The van der Waals surface area contributed by atoms with E-state index in [9.17, 15) is 4.79 Å². The lowest BCUT2D eigenvalue weighted by molar-refractivity contribution is -0.120. The third-order valence-electron chi connectivity index (χ3n) is 5.01. The highest BCUT2D eigenvalue weighted by Crippen LogP contribution is 2.27. The number of ether oxygens (including phenoxy) is 1. The minimum atomic E-state index is -0.154. The van der Waals surface area contributed by atoms with Crippen LogP contribution in [0, 0.1) is 0 Å². The molecule has 0 heterocycles. The van der Waals surface area contributed by atoms with Gasteiger partial charge in [0.05, 0.1) is 19.2 Å². The lowest BCUT2D eigenvalue weighted by Crippen LogP contribution is -2.20. The summed E-state index contributed by atoms with van der Waals surface area (Å²) in [6.45, 7) is 2.70. The molecule has 4 rings (SSSR count). The summed E-state index contributed by atoms with van der Waals surface area (Å²) in [5.41, 5.74) is 4.52. The van der Waals surface area contributed by atoms with Crippen LogP contribution < -0.4 is 10.2 Å². The average Bonchev–Trinajstić information content (AvgIpc) is 2.78. The molecule has 0 saturated carbocycles. The monoisotopic (exact) mass is 396 g/mol. The van der Waals surface area contributed by atoms with Gasteiger partial charge in [0, 0.05) is 5.56 Å². The molecule has 1 N–H and O–H groups in total. The summed E-state index contributed by atoms with van der Waals surface area (Å²) < 4.78 is 5.89. The maximum Gasteiger partial charge on any atom is 0.244 e. The van der Waals surface area contributed by atoms with Gasteiger partial charge in [-0.05, 0) is 39.6 Å². The Morgan fingerprint density at radius 1 is 0.900 bits per heavy atom. The second kappa shape index (κ2) is 9.23. The zero-order valence-electron chi connectivity index (χ0n) is 17.0. The lowest BCUT2D eigenvalue weighted by Gasteiger charge is -2.11. The molecule has 30 heavy (non-hydrogen) atoms. The SMILES string of the molecule is CCCOc1ccc2ccccc2c1/C=N\NC(=O)Cc1cccc2ccccc12. The summed E-state index contributed by atoms with van der Waals surface area (Å²) in [5.74, 6) is 0.612. The van der Waals surface area contributed by atoms with Crippen LogP contribution in [-0.4, -0.2) is 18.7 Å². The van der Waals surface area contributed by atoms with Crippen LogP contribution in [0.25, 0.3) is 21.5 Å². The average molecular weight is 396 g/mol. The Bertz CT molecular complexity index is 1210. The maximum atomic E-state index is 12.5. The standard InChI is InChI=1S/C26H24N2O2/c1-2-16-30-25-15-14-20-9-4-6-13-23(20)24(25)18-27-28-26(29)17-21-11-7-10-19-8-3-5-12-22(19)21/h3-15,18H,2,16-17H2,1H3,(H,28,29)/b27-18-. The number of amides is 1. The van der Waals surface area contributed by atoms with Gasteiger partial charge >= 0.3 is 0 Å². The van der Waals surface area contributed by atoms with E-state index in [4.69, 9.17) is 4.74 Å². The van der Waals surface area contributed by atoms with E-state index in [2.05, 4.69) is 23.5 Å². The normalized spacial score (nSPS) is 11.2. The Morgan fingerprint density at radius 2 is 1.60 bits per heavy atom. The van der Waals surface area contributed by atoms with E-state index in [1.165, 1.54) is 0 Å². The van der Waals surface area contributed by atoms with Crippen molar-refractivity contribution in [2.75, 3.05) is 6.61 Å². The van der Waals surface area contributed by atoms with Crippen molar-refractivity contribution in [3.63, 3.8) is 0 Å². The molecule has 0 spiro atoms. The topological polar surface area (TPSA) is 50.7 Å². The summed E-state index contributed by atoms with van der Waals surface area (Å²) in [6, 6.07) is 26.1. The van der Waals surface area contributed by atoms with Crippen LogP contribution in [0.5, 0.6) is 5.75 Å². The van der Waals surface area contributed by atoms with E-state index >= 15 is 0 Å². The van der Waals surface area contributed by atoms with E-state index in [1.807, 2.05) is 72.8 Å². The summed E-state index contributed by atoms with van der Waals surface area (Å²) in [6.07, 6.45) is 2.87. The van der Waals surface area contributed by atoms with Crippen LogP contribution in [0.4, 0.5) is 0 Å². The first-order chi connectivity index (χ1) is 14.8. The molecule has 0 fully saturated rings. The minimum absolute atomic E-state index is 0.154. The van der Waals surface area contributed by atoms with Crippen LogP contribution in [0.2, 0.25) is 0 Å². The Kier molecular flexibility index (Phi) is 6.04. The molecule has 0 aliphatic carbocycles. The van der Waals surface area contributed by atoms with Gasteiger partial charge in [-0.2, -0.15) is 5.10 Å². The number of hydrazone groups is 1. The fourth-order valence-electron chi connectivity index (χ4n) is 3.57. The van der Waals surface area contributed by atoms with Crippen LogP contribution >= 0.6 is 0 Å². The number of benzene rings is 4. The van der Waals surface area contributed by atoms with Crippen LogP contribution in [0.3, 0.4) is 0 Å². The first kappa shape index (κ1) is 19.6. The van der Waals surface area contributed by atoms with Crippen molar-refractivity contribution in [2.45, 2.75) is 19.8 Å². The molecule has 1 amide bonds. The van der Waals surface area contributed by atoms with E-state index in [1.54, 1.807) is 6.21 Å². The Morgan fingerprint density at radius 3 is 2.40 bits per heavy atom. The number of rotatable bonds is 7. The number of nitrogens with one attached hydrogen (secondary N) is 1. The van der Waals surface area contributed by atoms with Gasteiger partial charge in [0.25, 0.3) is 0 Å². The van der Waals surface area contributed by atoms with Gasteiger partial charge in [0.2, 0.25) is 5.91 Å². The minimum Gasteiger partial charge on any atom is -0.493 e. The molecule has 4 nitrogen and oxygen atoms in total. The van der Waals surface area contributed by atoms with E-state index < -0.39 is 0 Å². The van der Waals surface area contributed by atoms with E-state index in [0.717, 1.165) is 44.8 Å². The number of nitrogens with zero attached hydrogens (tertiary/aromatic N) is 1. The van der Waals surface area contributed by atoms with Gasteiger partial charge in [-0.25, -0.2) is 5.43 Å². The van der Waals surface area contributed by atoms with Crippen molar-refractivity contribution < 1.29 is 9.53 Å². The number of carbonyl (C=O) groups excluding carboxylic acids is 1. The number of fused-ring (bicyclic) bond motifs is 2. The van der Waals surface area contributed by atoms with E-state index in [-0.39, 0.29) is 12.3 Å². The fraction of sp³-hybridized carbons (Fsp3) is 0.154. The molecule has 0 unspecified atom stereocenters. The molecule has 0 aliphatic heterocycles. The van der Waals surface area contributed by atoms with Crippen molar-refractivity contribution in [1.29, 1.82) is 0 Å². The van der Waals surface area contributed by atoms with Gasteiger partial charge in [0.15, 0.2) is 0 Å². The molecular weight excluding hydrogens is 372 g/mol. The van der Waals surface area contributed by atoms with Crippen LogP contribution in [0.1, 0.15) is 24.5 Å². The van der Waals surface area contributed by atoms with Crippen molar-refractivity contribution in [3.05, 3.63) is 90.0 Å². The highest BCUT2D eigenvalue weighted by Gasteiger charge is 2.09. The molecule has 4 aromatic rings.